The van der Waals surface area contributed by atoms with Gasteiger partial charge in [-0.05, 0) is 12.1 Å². The molecule has 1 aromatic carbocycles. The molecule has 0 unspecified atom stereocenters. The molecule has 0 saturated carbocycles. The van der Waals surface area contributed by atoms with Crippen LogP contribution in [-0.2, 0) is 0 Å². The molecule has 0 saturated heterocycles. The first kappa shape index (κ1) is 6.95. The van der Waals surface area contributed by atoms with E-state index in [-0.39, 0.29) is 0 Å². The fraction of sp³-hybridized carbons (Fsp3) is 0. The number of hydrogen-bond donors (Lipinski definition) is 0. The van der Waals surface area contributed by atoms with Gasteiger partial charge in [0, 0.05) is 0 Å². The monoisotopic (exact) mass is 185 g/mol. The van der Waals surface area contributed by atoms with E-state index >= 15 is 0 Å². The largest absolute Gasteiger partial charge is 0.235 e. The zero-order valence-corrected chi connectivity index (χ0v) is 6.89. The van der Waals surface area contributed by atoms with Crippen LogP contribution in [0.3, 0.4) is 0 Å². The van der Waals surface area contributed by atoms with E-state index in [9.17, 15) is 0 Å². The zero-order valence-electron chi connectivity index (χ0n) is 5.38. The Morgan fingerprint density at radius 3 is 2.36 bits per heavy atom. The lowest BCUT2D eigenvalue weighted by Crippen LogP contribution is -1.84. The zero-order chi connectivity index (χ0) is 7.84. The molecule has 4 heteroatoms. The molecule has 1 aliphatic heterocycles. The van der Waals surface area contributed by atoms with Crippen LogP contribution in [-0.4, -0.2) is 6.34 Å². The van der Waals surface area contributed by atoms with Gasteiger partial charge < -0.3 is 0 Å². The number of fused-ring (bicyclic) bond motifs is 1. The van der Waals surface area contributed by atoms with E-state index in [0.29, 0.717) is 10.0 Å². The van der Waals surface area contributed by atoms with Gasteiger partial charge in [0.1, 0.15) is 6.34 Å². The summed E-state index contributed by atoms with van der Waals surface area (Å²) in [7, 11) is 0. The third kappa shape index (κ3) is 1.08. The average molecular weight is 186 g/mol. The van der Waals surface area contributed by atoms with E-state index in [4.69, 9.17) is 23.2 Å². The Balaban J connectivity index is 2.63. The second-order valence-electron chi connectivity index (χ2n) is 2.13. The van der Waals surface area contributed by atoms with Crippen LogP contribution in [0.1, 0.15) is 0 Å². The van der Waals surface area contributed by atoms with Crippen LogP contribution in [0.5, 0.6) is 0 Å². The van der Waals surface area contributed by atoms with E-state index in [0.717, 1.165) is 11.4 Å². The molecule has 1 heterocycles. The van der Waals surface area contributed by atoms with Crippen molar-refractivity contribution in [3.63, 3.8) is 0 Å². The maximum atomic E-state index is 5.74. The normalized spacial score (nSPS) is 12.9. The maximum absolute atomic E-state index is 5.74. The summed E-state index contributed by atoms with van der Waals surface area (Å²) in [5, 5.41) is 4.99. The van der Waals surface area contributed by atoms with Gasteiger partial charge in [0.2, 0.25) is 0 Å². The van der Waals surface area contributed by atoms with Crippen molar-refractivity contribution < 1.29 is 0 Å². The van der Waals surface area contributed by atoms with Crippen molar-refractivity contribution in [1.29, 1.82) is 0 Å². The molecule has 0 bridgehead atoms. The van der Waals surface area contributed by atoms with Crippen LogP contribution in [0.15, 0.2) is 17.1 Å². The molecule has 2 nitrogen and oxygen atoms in total. The fourth-order valence-electron chi connectivity index (χ4n) is 0.886. The molecule has 1 aromatic rings. The van der Waals surface area contributed by atoms with Gasteiger partial charge >= 0.3 is 0 Å². The van der Waals surface area contributed by atoms with Crippen LogP contribution in [0.4, 0.5) is 11.4 Å². The lowest BCUT2D eigenvalue weighted by Gasteiger charge is -1.98. The van der Waals surface area contributed by atoms with Crippen LogP contribution in [0.25, 0.3) is 0 Å². The molecule has 0 spiro atoms. The minimum atomic E-state index is 0.514. The third-order valence-corrected chi connectivity index (χ3v) is 2.13. The van der Waals surface area contributed by atoms with Crippen molar-refractivity contribution in [3.05, 3.63) is 22.2 Å². The fourth-order valence-corrected chi connectivity index (χ4v) is 1.20. The van der Waals surface area contributed by atoms with E-state index in [2.05, 4.69) is 10.3 Å². The summed E-state index contributed by atoms with van der Waals surface area (Å²) < 4.78 is 0. The van der Waals surface area contributed by atoms with E-state index in [1.54, 1.807) is 12.1 Å². The highest BCUT2D eigenvalue weighted by Crippen LogP contribution is 2.36. The molecular formula is C7H3Cl2N2. The molecule has 1 radical (unpaired) electrons. The summed E-state index contributed by atoms with van der Waals surface area (Å²) in [5.41, 5.74) is 1.55. The Bertz CT molecular complexity index is 333. The Morgan fingerprint density at radius 1 is 1.00 bits per heavy atom. The van der Waals surface area contributed by atoms with Gasteiger partial charge in [-0.25, -0.2) is 10.3 Å². The number of benzene rings is 1. The standard InChI is InChI=1S/C7H3Cl2N2/c8-4-1-6-7(2-5(4)9)11-3-10-6/h1-3H. The maximum Gasteiger partial charge on any atom is 0.116 e. The molecule has 0 aliphatic carbocycles. The Kier molecular flexibility index (Phi) is 1.51. The predicted molar refractivity (Wildman–Crippen MR) is 46.4 cm³/mol. The van der Waals surface area contributed by atoms with E-state index < -0.39 is 0 Å². The minimum Gasteiger partial charge on any atom is -0.235 e. The third-order valence-electron chi connectivity index (χ3n) is 1.41. The second kappa shape index (κ2) is 2.40. The molecule has 0 amide bonds. The van der Waals surface area contributed by atoms with Crippen molar-refractivity contribution in [1.82, 2.24) is 5.32 Å². The van der Waals surface area contributed by atoms with Gasteiger partial charge in [0.05, 0.1) is 21.4 Å². The van der Waals surface area contributed by atoms with Gasteiger partial charge in [0.15, 0.2) is 0 Å². The first-order valence-corrected chi connectivity index (χ1v) is 3.75. The Labute approximate surface area is 73.8 Å². The molecule has 0 fully saturated rings. The molecule has 0 N–H and O–H groups in total. The first-order chi connectivity index (χ1) is 5.27. The van der Waals surface area contributed by atoms with E-state index in [1.165, 1.54) is 6.34 Å². The number of hydrogen-bond acceptors (Lipinski definition) is 1. The lowest BCUT2D eigenvalue weighted by atomic mass is 10.3. The molecular weight excluding hydrogens is 183 g/mol. The van der Waals surface area contributed by atoms with Crippen molar-refractivity contribution in [2.45, 2.75) is 0 Å². The second-order valence-corrected chi connectivity index (χ2v) is 2.94. The van der Waals surface area contributed by atoms with Gasteiger partial charge in [-0.3, -0.25) is 0 Å². The van der Waals surface area contributed by atoms with E-state index in [1.807, 2.05) is 0 Å². The summed E-state index contributed by atoms with van der Waals surface area (Å²) in [5.74, 6) is 0. The summed E-state index contributed by atoms with van der Waals surface area (Å²) >= 11 is 11.5. The predicted octanol–water partition coefficient (Wildman–Crippen LogP) is 2.90. The number of nitrogens with zero attached hydrogens (tertiary/aromatic N) is 2. The topological polar surface area (TPSA) is 26.5 Å². The van der Waals surface area contributed by atoms with Crippen molar-refractivity contribution >= 4 is 40.9 Å². The molecule has 0 aromatic heterocycles. The van der Waals surface area contributed by atoms with Gasteiger partial charge in [-0.2, -0.15) is 0 Å². The van der Waals surface area contributed by atoms with Gasteiger partial charge in [-0.1, -0.05) is 23.2 Å². The summed E-state index contributed by atoms with van der Waals surface area (Å²) in [6.45, 7) is 0. The van der Waals surface area contributed by atoms with Crippen molar-refractivity contribution in [2.24, 2.45) is 4.99 Å². The molecule has 0 atom stereocenters. The number of halogens is 2. The Hall–Kier alpha value is -0.730. The summed E-state index contributed by atoms with van der Waals surface area (Å²) in [6, 6.07) is 3.40. The summed E-state index contributed by atoms with van der Waals surface area (Å²) in [4.78, 5) is 3.97. The molecule has 11 heavy (non-hydrogen) atoms. The average Bonchev–Trinajstić information content (AvgIpc) is 2.36. The van der Waals surface area contributed by atoms with Crippen LogP contribution in [0.2, 0.25) is 10.0 Å². The van der Waals surface area contributed by atoms with Crippen LogP contribution >= 0.6 is 23.2 Å². The van der Waals surface area contributed by atoms with Gasteiger partial charge in [-0.15, -0.1) is 0 Å². The quantitative estimate of drug-likeness (QED) is 0.595. The smallest absolute Gasteiger partial charge is 0.116 e. The molecule has 2 rings (SSSR count). The molecule has 1 aliphatic rings. The minimum absolute atomic E-state index is 0.514. The summed E-state index contributed by atoms with van der Waals surface area (Å²) in [6.07, 6.45) is 1.48. The SMILES string of the molecule is Clc1cc2c(cc1Cl)N=C[N]2. The lowest BCUT2D eigenvalue weighted by molar-refractivity contribution is 1.35. The molecule has 55 valence electrons. The highest BCUT2D eigenvalue weighted by Gasteiger charge is 2.10. The van der Waals surface area contributed by atoms with Gasteiger partial charge in [0.25, 0.3) is 0 Å². The number of aliphatic imine (C=N–C) groups is 1. The van der Waals surface area contributed by atoms with Crippen molar-refractivity contribution in [2.75, 3.05) is 0 Å². The van der Waals surface area contributed by atoms with Crippen molar-refractivity contribution in [3.8, 4) is 0 Å². The highest BCUT2D eigenvalue weighted by atomic mass is 35.5. The first-order valence-electron chi connectivity index (χ1n) is 3.00. The van der Waals surface area contributed by atoms with Crippen LogP contribution < -0.4 is 5.32 Å². The number of rotatable bonds is 0. The van der Waals surface area contributed by atoms with Crippen LogP contribution in [0, 0.1) is 0 Å². The highest BCUT2D eigenvalue weighted by molar-refractivity contribution is 6.42. The Morgan fingerprint density at radius 2 is 1.64 bits per heavy atom.